The molecule has 1 aromatic rings. The van der Waals surface area contributed by atoms with Gasteiger partial charge in [-0.05, 0) is 53.6 Å². The molecule has 3 nitrogen and oxygen atoms in total. The standard InChI is InChI=1S/C8H9IO3S/c1-5-3-6(2)8(7(9)4-5)13(10,11)12/h3-4H,1-2H3,(H,10,11,12). The number of hydrogen-bond donors (Lipinski definition) is 1. The lowest BCUT2D eigenvalue weighted by Crippen LogP contribution is -2.04. The maximum Gasteiger partial charge on any atom is 0.295 e. The van der Waals surface area contributed by atoms with Crippen LogP contribution in [-0.4, -0.2) is 13.0 Å². The molecule has 1 rings (SSSR count). The first-order valence-electron chi connectivity index (χ1n) is 3.56. The van der Waals surface area contributed by atoms with Gasteiger partial charge in [0.2, 0.25) is 0 Å². The van der Waals surface area contributed by atoms with E-state index < -0.39 is 10.1 Å². The van der Waals surface area contributed by atoms with Gasteiger partial charge in [-0.15, -0.1) is 0 Å². The molecular weight excluding hydrogens is 303 g/mol. The third kappa shape index (κ3) is 2.41. The molecule has 0 bridgehead atoms. The predicted molar refractivity (Wildman–Crippen MR) is 58.4 cm³/mol. The van der Waals surface area contributed by atoms with Crippen molar-refractivity contribution in [2.24, 2.45) is 0 Å². The minimum Gasteiger partial charge on any atom is -0.282 e. The van der Waals surface area contributed by atoms with Gasteiger partial charge in [0.05, 0.1) is 0 Å². The van der Waals surface area contributed by atoms with Crippen LogP contribution in [0.25, 0.3) is 0 Å². The molecule has 0 atom stereocenters. The molecule has 72 valence electrons. The molecule has 0 saturated heterocycles. The smallest absolute Gasteiger partial charge is 0.282 e. The normalized spacial score (nSPS) is 11.7. The lowest BCUT2D eigenvalue weighted by Gasteiger charge is -2.06. The largest absolute Gasteiger partial charge is 0.295 e. The molecule has 0 aliphatic rings. The zero-order valence-electron chi connectivity index (χ0n) is 7.20. The van der Waals surface area contributed by atoms with Gasteiger partial charge in [-0.25, -0.2) is 0 Å². The van der Waals surface area contributed by atoms with E-state index in [1.165, 1.54) is 0 Å². The van der Waals surface area contributed by atoms with Crippen LogP contribution in [0.1, 0.15) is 11.1 Å². The van der Waals surface area contributed by atoms with Crippen LogP contribution in [0.15, 0.2) is 17.0 Å². The molecule has 5 heteroatoms. The van der Waals surface area contributed by atoms with Crippen molar-refractivity contribution < 1.29 is 13.0 Å². The third-order valence-corrected chi connectivity index (χ3v) is 3.91. The lowest BCUT2D eigenvalue weighted by atomic mass is 10.2. The molecule has 0 spiro atoms. The Bertz CT molecular complexity index is 414. The van der Waals surface area contributed by atoms with E-state index in [0.717, 1.165) is 5.56 Å². The molecule has 0 fully saturated rings. The Morgan fingerprint density at radius 3 is 2.23 bits per heavy atom. The van der Waals surface area contributed by atoms with Gasteiger partial charge in [-0.2, -0.15) is 8.42 Å². The van der Waals surface area contributed by atoms with Crippen molar-refractivity contribution in [2.45, 2.75) is 18.7 Å². The molecule has 0 radical (unpaired) electrons. The number of benzene rings is 1. The van der Waals surface area contributed by atoms with Crippen LogP contribution in [0.4, 0.5) is 0 Å². The summed E-state index contributed by atoms with van der Waals surface area (Å²) in [6, 6.07) is 3.45. The zero-order chi connectivity index (χ0) is 10.2. The lowest BCUT2D eigenvalue weighted by molar-refractivity contribution is 0.482. The molecule has 0 unspecified atom stereocenters. The Kier molecular flexibility index (Phi) is 2.98. The maximum absolute atomic E-state index is 10.9. The van der Waals surface area contributed by atoms with Gasteiger partial charge < -0.3 is 0 Å². The van der Waals surface area contributed by atoms with Crippen LogP contribution in [0, 0.1) is 17.4 Å². The van der Waals surface area contributed by atoms with Crippen molar-refractivity contribution >= 4 is 32.7 Å². The highest BCUT2D eigenvalue weighted by Crippen LogP contribution is 2.23. The second kappa shape index (κ2) is 3.55. The van der Waals surface area contributed by atoms with E-state index >= 15 is 0 Å². The molecule has 0 aromatic heterocycles. The Labute approximate surface area is 91.1 Å². The summed E-state index contributed by atoms with van der Waals surface area (Å²) >= 11 is 1.90. The van der Waals surface area contributed by atoms with Crippen molar-refractivity contribution in [1.82, 2.24) is 0 Å². The summed E-state index contributed by atoms with van der Waals surface area (Å²) < 4.78 is 31.3. The fourth-order valence-corrected chi connectivity index (χ4v) is 3.75. The first-order valence-corrected chi connectivity index (χ1v) is 6.08. The van der Waals surface area contributed by atoms with E-state index in [9.17, 15) is 8.42 Å². The van der Waals surface area contributed by atoms with Crippen LogP contribution >= 0.6 is 22.6 Å². The highest BCUT2D eigenvalue weighted by Gasteiger charge is 2.17. The van der Waals surface area contributed by atoms with E-state index in [-0.39, 0.29) is 4.90 Å². The van der Waals surface area contributed by atoms with Crippen molar-refractivity contribution in [3.05, 3.63) is 26.8 Å². The van der Waals surface area contributed by atoms with Gasteiger partial charge in [0, 0.05) is 3.57 Å². The first kappa shape index (κ1) is 10.9. The molecule has 0 aliphatic heterocycles. The molecule has 13 heavy (non-hydrogen) atoms. The maximum atomic E-state index is 10.9. The monoisotopic (exact) mass is 312 g/mol. The van der Waals surface area contributed by atoms with Crippen LogP contribution in [0.5, 0.6) is 0 Å². The fourth-order valence-electron chi connectivity index (χ4n) is 1.23. The van der Waals surface area contributed by atoms with Crippen LogP contribution in [0.2, 0.25) is 0 Å². The van der Waals surface area contributed by atoms with Crippen LogP contribution in [-0.2, 0) is 10.1 Å². The Hall–Kier alpha value is -0.140. The number of aryl methyl sites for hydroxylation is 2. The molecule has 0 amide bonds. The van der Waals surface area contributed by atoms with Crippen LogP contribution < -0.4 is 0 Å². The minimum atomic E-state index is -4.09. The number of hydrogen-bond acceptors (Lipinski definition) is 2. The van der Waals surface area contributed by atoms with E-state index in [1.807, 2.05) is 29.5 Å². The quantitative estimate of drug-likeness (QED) is 0.638. The summed E-state index contributed by atoms with van der Waals surface area (Å²) in [5.74, 6) is 0. The molecule has 0 saturated carbocycles. The Morgan fingerprint density at radius 1 is 1.31 bits per heavy atom. The molecule has 1 aromatic carbocycles. The second-order valence-corrected chi connectivity index (χ2v) is 5.39. The highest BCUT2D eigenvalue weighted by molar-refractivity contribution is 14.1. The zero-order valence-corrected chi connectivity index (χ0v) is 10.2. The van der Waals surface area contributed by atoms with E-state index in [2.05, 4.69) is 0 Å². The van der Waals surface area contributed by atoms with Crippen molar-refractivity contribution in [3.63, 3.8) is 0 Å². The van der Waals surface area contributed by atoms with Crippen LogP contribution in [0.3, 0.4) is 0 Å². The van der Waals surface area contributed by atoms with E-state index in [0.29, 0.717) is 9.13 Å². The average Bonchev–Trinajstić information content (AvgIpc) is 1.78. The fraction of sp³-hybridized carbons (Fsp3) is 0.250. The first-order chi connectivity index (χ1) is 5.82. The van der Waals surface area contributed by atoms with E-state index in [4.69, 9.17) is 4.55 Å². The van der Waals surface area contributed by atoms with Gasteiger partial charge in [0.1, 0.15) is 4.90 Å². The average molecular weight is 312 g/mol. The molecule has 0 heterocycles. The molecule has 1 N–H and O–H groups in total. The van der Waals surface area contributed by atoms with Gasteiger partial charge in [0.25, 0.3) is 10.1 Å². The SMILES string of the molecule is Cc1cc(C)c(S(=O)(=O)O)c(I)c1. The predicted octanol–water partition coefficient (Wildman–Crippen LogP) is 2.15. The summed E-state index contributed by atoms with van der Waals surface area (Å²) in [7, 11) is -4.09. The van der Waals surface area contributed by atoms with Gasteiger partial charge in [0.15, 0.2) is 0 Å². The van der Waals surface area contributed by atoms with Crippen molar-refractivity contribution in [3.8, 4) is 0 Å². The summed E-state index contributed by atoms with van der Waals surface area (Å²) in [5, 5.41) is 0. The van der Waals surface area contributed by atoms with Crippen molar-refractivity contribution in [1.29, 1.82) is 0 Å². The minimum absolute atomic E-state index is 0.0127. The Balaban J connectivity index is 3.57. The number of rotatable bonds is 1. The third-order valence-electron chi connectivity index (χ3n) is 1.63. The molecule has 0 aliphatic carbocycles. The highest BCUT2D eigenvalue weighted by atomic mass is 127. The summed E-state index contributed by atoms with van der Waals surface area (Å²) in [6.07, 6.45) is 0. The summed E-state index contributed by atoms with van der Waals surface area (Å²) in [5.41, 5.74) is 1.56. The van der Waals surface area contributed by atoms with E-state index in [1.54, 1.807) is 19.1 Å². The topological polar surface area (TPSA) is 54.4 Å². The molecular formula is C8H9IO3S. The summed E-state index contributed by atoms with van der Waals surface area (Å²) in [6.45, 7) is 3.54. The number of halogens is 1. The van der Waals surface area contributed by atoms with Gasteiger partial charge in [-0.3, -0.25) is 4.55 Å². The van der Waals surface area contributed by atoms with Gasteiger partial charge >= 0.3 is 0 Å². The van der Waals surface area contributed by atoms with Crippen molar-refractivity contribution in [2.75, 3.05) is 0 Å². The van der Waals surface area contributed by atoms with Gasteiger partial charge in [-0.1, -0.05) is 6.07 Å². The Morgan fingerprint density at radius 2 is 1.85 bits per heavy atom. The summed E-state index contributed by atoms with van der Waals surface area (Å²) in [4.78, 5) is 0.0127. The second-order valence-electron chi connectivity index (χ2n) is 2.87.